The van der Waals surface area contributed by atoms with Gasteiger partial charge >= 0.3 is 0 Å². The number of hydrogen-bond donors (Lipinski definition) is 1. The van der Waals surface area contributed by atoms with Crippen LogP contribution >= 0.6 is 0 Å². The van der Waals surface area contributed by atoms with Crippen molar-refractivity contribution >= 4 is 17.5 Å². The molecule has 6 nitrogen and oxygen atoms in total. The van der Waals surface area contributed by atoms with Gasteiger partial charge in [0.25, 0.3) is 5.91 Å². The molecule has 1 N–H and O–H groups in total. The minimum absolute atomic E-state index is 0.0494. The van der Waals surface area contributed by atoms with Gasteiger partial charge in [0, 0.05) is 18.4 Å². The van der Waals surface area contributed by atoms with E-state index in [-0.39, 0.29) is 18.4 Å². The number of aryl methyl sites for hydroxylation is 1. The second kappa shape index (κ2) is 7.86. The summed E-state index contributed by atoms with van der Waals surface area (Å²) in [4.78, 5) is 30.7. The third-order valence-corrected chi connectivity index (χ3v) is 4.50. The lowest BCUT2D eigenvalue weighted by molar-refractivity contribution is -0.116. The molecule has 3 rings (SSSR count). The van der Waals surface area contributed by atoms with Crippen LogP contribution in [0, 0.1) is 13.8 Å². The molecule has 1 heterocycles. The minimum atomic E-state index is -0.271. The number of likely N-dealkylation sites (N-methyl/N-ethyl adjacent to an activating group) is 1. The van der Waals surface area contributed by atoms with Crippen LogP contribution in [0.15, 0.2) is 61.1 Å². The Morgan fingerprint density at radius 1 is 1.07 bits per heavy atom. The summed E-state index contributed by atoms with van der Waals surface area (Å²) in [6.45, 7) is 3.90. The van der Waals surface area contributed by atoms with Crippen LogP contribution in [-0.4, -0.2) is 39.9 Å². The molecule has 0 atom stereocenters. The van der Waals surface area contributed by atoms with Crippen molar-refractivity contribution in [2.75, 3.05) is 18.9 Å². The van der Waals surface area contributed by atoms with Gasteiger partial charge in [0.1, 0.15) is 5.69 Å². The molecule has 0 aliphatic rings. The summed E-state index contributed by atoms with van der Waals surface area (Å²) < 4.78 is 1.71. The first-order valence-electron chi connectivity index (χ1n) is 8.66. The summed E-state index contributed by atoms with van der Waals surface area (Å²) in [6.07, 6.45) is 3.10. The van der Waals surface area contributed by atoms with E-state index in [0.29, 0.717) is 5.69 Å². The quantitative estimate of drug-likeness (QED) is 0.758. The molecule has 1 aromatic heterocycles. The fourth-order valence-corrected chi connectivity index (χ4v) is 2.81. The predicted octanol–water partition coefficient (Wildman–Crippen LogP) is 3.20. The van der Waals surface area contributed by atoms with Gasteiger partial charge in [-0.2, -0.15) is 0 Å². The molecule has 0 saturated carbocycles. The Morgan fingerprint density at radius 2 is 1.81 bits per heavy atom. The smallest absolute Gasteiger partial charge is 0.272 e. The van der Waals surface area contributed by atoms with Crippen LogP contribution in [0.25, 0.3) is 5.69 Å². The SMILES string of the molecule is Cc1cccc(NC(=O)CN(C)C(=O)c2cncn2-c2ccccc2)c1C. The second-order valence-corrected chi connectivity index (χ2v) is 6.44. The maximum atomic E-state index is 12.8. The van der Waals surface area contributed by atoms with E-state index in [1.807, 2.05) is 62.4 Å². The van der Waals surface area contributed by atoms with Gasteiger partial charge in [0.15, 0.2) is 0 Å². The molecule has 0 fully saturated rings. The van der Waals surface area contributed by atoms with E-state index >= 15 is 0 Å². The van der Waals surface area contributed by atoms with E-state index in [1.54, 1.807) is 17.9 Å². The van der Waals surface area contributed by atoms with Crippen LogP contribution < -0.4 is 5.32 Å². The van der Waals surface area contributed by atoms with Crippen LogP contribution in [0.1, 0.15) is 21.6 Å². The van der Waals surface area contributed by atoms with Gasteiger partial charge in [-0.05, 0) is 43.2 Å². The van der Waals surface area contributed by atoms with Crippen molar-refractivity contribution in [2.24, 2.45) is 0 Å². The van der Waals surface area contributed by atoms with Crippen LogP contribution in [0.3, 0.4) is 0 Å². The molecule has 0 saturated heterocycles. The Balaban J connectivity index is 1.71. The van der Waals surface area contributed by atoms with E-state index in [0.717, 1.165) is 22.5 Å². The van der Waals surface area contributed by atoms with Gasteiger partial charge in [-0.3, -0.25) is 14.2 Å². The highest BCUT2D eigenvalue weighted by Crippen LogP contribution is 2.18. The Hall–Kier alpha value is -3.41. The number of para-hydroxylation sites is 1. The van der Waals surface area contributed by atoms with E-state index < -0.39 is 0 Å². The van der Waals surface area contributed by atoms with Crippen molar-refractivity contribution in [1.29, 1.82) is 0 Å². The van der Waals surface area contributed by atoms with Crippen molar-refractivity contribution < 1.29 is 9.59 Å². The number of carbonyl (C=O) groups is 2. The van der Waals surface area contributed by atoms with Gasteiger partial charge in [0.2, 0.25) is 5.91 Å². The Kier molecular flexibility index (Phi) is 5.35. The number of hydrogen-bond acceptors (Lipinski definition) is 3. The van der Waals surface area contributed by atoms with Crippen molar-refractivity contribution in [1.82, 2.24) is 14.5 Å². The van der Waals surface area contributed by atoms with E-state index in [2.05, 4.69) is 10.3 Å². The lowest BCUT2D eigenvalue weighted by Crippen LogP contribution is -2.35. The van der Waals surface area contributed by atoms with Gasteiger partial charge in [-0.1, -0.05) is 30.3 Å². The fraction of sp³-hybridized carbons (Fsp3) is 0.190. The Morgan fingerprint density at radius 3 is 2.56 bits per heavy atom. The van der Waals surface area contributed by atoms with E-state index in [1.165, 1.54) is 11.1 Å². The average molecular weight is 362 g/mol. The molecular weight excluding hydrogens is 340 g/mol. The molecule has 138 valence electrons. The minimum Gasteiger partial charge on any atom is -0.331 e. The zero-order valence-corrected chi connectivity index (χ0v) is 15.6. The van der Waals surface area contributed by atoms with Gasteiger partial charge in [-0.25, -0.2) is 4.98 Å². The number of benzene rings is 2. The van der Waals surface area contributed by atoms with Gasteiger partial charge < -0.3 is 10.2 Å². The standard InChI is InChI=1S/C21H22N4O2/c1-15-8-7-11-18(16(15)2)23-20(26)13-24(3)21(27)19-12-22-14-25(19)17-9-5-4-6-10-17/h4-12,14H,13H2,1-3H3,(H,23,26). The lowest BCUT2D eigenvalue weighted by Gasteiger charge is -2.18. The maximum Gasteiger partial charge on any atom is 0.272 e. The molecule has 0 unspecified atom stereocenters. The first-order valence-corrected chi connectivity index (χ1v) is 8.66. The normalized spacial score (nSPS) is 10.5. The molecule has 3 aromatic rings. The number of imidazole rings is 1. The predicted molar refractivity (Wildman–Crippen MR) is 105 cm³/mol. The molecular formula is C21H22N4O2. The highest BCUT2D eigenvalue weighted by molar-refractivity contribution is 5.99. The summed E-state index contributed by atoms with van der Waals surface area (Å²) in [5.41, 5.74) is 4.12. The molecule has 0 spiro atoms. The van der Waals surface area contributed by atoms with Crippen LogP contribution in [-0.2, 0) is 4.79 Å². The summed E-state index contributed by atoms with van der Waals surface area (Å²) in [5, 5.41) is 2.87. The highest BCUT2D eigenvalue weighted by atomic mass is 16.2. The lowest BCUT2D eigenvalue weighted by atomic mass is 10.1. The monoisotopic (exact) mass is 362 g/mol. The fourth-order valence-electron chi connectivity index (χ4n) is 2.81. The van der Waals surface area contributed by atoms with Crippen molar-refractivity contribution in [2.45, 2.75) is 13.8 Å². The number of rotatable bonds is 5. The zero-order chi connectivity index (χ0) is 19.4. The molecule has 0 radical (unpaired) electrons. The topological polar surface area (TPSA) is 67.2 Å². The summed E-state index contributed by atoms with van der Waals surface area (Å²) in [5.74, 6) is -0.516. The third-order valence-electron chi connectivity index (χ3n) is 4.50. The van der Waals surface area contributed by atoms with E-state index in [9.17, 15) is 9.59 Å². The van der Waals surface area contributed by atoms with Gasteiger partial charge in [0.05, 0.1) is 19.1 Å². The number of anilines is 1. The number of nitrogens with zero attached hydrogens (tertiary/aromatic N) is 3. The number of nitrogens with one attached hydrogen (secondary N) is 1. The van der Waals surface area contributed by atoms with Crippen LogP contribution in [0.4, 0.5) is 5.69 Å². The summed E-state index contributed by atoms with van der Waals surface area (Å²) in [6, 6.07) is 15.2. The third kappa shape index (κ3) is 4.06. The molecule has 0 bridgehead atoms. The molecule has 2 amide bonds. The van der Waals surface area contributed by atoms with Crippen molar-refractivity contribution in [3.63, 3.8) is 0 Å². The molecule has 0 aliphatic carbocycles. The largest absolute Gasteiger partial charge is 0.331 e. The van der Waals surface area contributed by atoms with Crippen molar-refractivity contribution in [3.8, 4) is 5.69 Å². The first kappa shape index (κ1) is 18.4. The molecule has 27 heavy (non-hydrogen) atoms. The van der Waals surface area contributed by atoms with Gasteiger partial charge in [-0.15, -0.1) is 0 Å². The summed E-state index contributed by atoms with van der Waals surface area (Å²) in [7, 11) is 1.60. The number of amides is 2. The average Bonchev–Trinajstić information content (AvgIpc) is 3.15. The Labute approximate surface area is 158 Å². The summed E-state index contributed by atoms with van der Waals surface area (Å²) >= 11 is 0. The van der Waals surface area contributed by atoms with Crippen molar-refractivity contribution in [3.05, 3.63) is 77.9 Å². The Bertz CT molecular complexity index is 963. The molecule has 2 aromatic carbocycles. The second-order valence-electron chi connectivity index (χ2n) is 6.44. The molecule has 6 heteroatoms. The number of aromatic nitrogens is 2. The zero-order valence-electron chi connectivity index (χ0n) is 15.6. The highest BCUT2D eigenvalue weighted by Gasteiger charge is 2.19. The number of carbonyl (C=O) groups excluding carboxylic acids is 2. The molecule has 0 aliphatic heterocycles. The van der Waals surface area contributed by atoms with Crippen LogP contribution in [0.2, 0.25) is 0 Å². The first-order chi connectivity index (χ1) is 13.0. The van der Waals surface area contributed by atoms with Crippen LogP contribution in [0.5, 0.6) is 0 Å². The maximum absolute atomic E-state index is 12.8. The van der Waals surface area contributed by atoms with E-state index in [4.69, 9.17) is 0 Å².